The quantitative estimate of drug-likeness (QED) is 0.816. The molecule has 4 fully saturated rings. The van der Waals surface area contributed by atoms with Crippen molar-refractivity contribution in [3.05, 3.63) is 23.8 Å². The third-order valence-corrected chi connectivity index (χ3v) is 8.33. The number of ether oxygens (including phenoxy) is 2. The Hall–Kier alpha value is -1.31. The van der Waals surface area contributed by atoms with E-state index in [0.29, 0.717) is 12.5 Å². The molecule has 0 spiro atoms. The first-order valence-corrected chi connectivity index (χ1v) is 10.8. The van der Waals surface area contributed by atoms with Gasteiger partial charge in [0.05, 0.1) is 5.75 Å². The van der Waals surface area contributed by atoms with Gasteiger partial charge in [-0.15, -0.1) is 0 Å². The number of rotatable bonds is 3. The van der Waals surface area contributed by atoms with Gasteiger partial charge in [-0.05, 0) is 56.5 Å². The third kappa shape index (κ3) is 2.32. The van der Waals surface area contributed by atoms with Crippen LogP contribution in [0.5, 0.6) is 11.5 Å². The monoisotopic (exact) mass is 364 g/mol. The smallest absolute Gasteiger partial charge is 0.231 e. The van der Waals surface area contributed by atoms with E-state index < -0.39 is 10.0 Å². The fourth-order valence-electron chi connectivity index (χ4n) is 5.29. The molecule has 0 aliphatic carbocycles. The van der Waals surface area contributed by atoms with Gasteiger partial charge in [-0.25, -0.2) is 8.42 Å². The highest BCUT2D eigenvalue weighted by atomic mass is 32.2. The van der Waals surface area contributed by atoms with Crippen LogP contribution in [0.15, 0.2) is 18.2 Å². The average molecular weight is 364 g/mol. The van der Waals surface area contributed by atoms with Crippen LogP contribution >= 0.6 is 0 Å². The molecule has 5 aliphatic rings. The second-order valence-corrected chi connectivity index (χ2v) is 9.75. The zero-order valence-electron chi connectivity index (χ0n) is 14.4. The van der Waals surface area contributed by atoms with E-state index in [0.717, 1.165) is 37.4 Å². The summed E-state index contributed by atoms with van der Waals surface area (Å²) >= 11 is 0. The minimum absolute atomic E-state index is 0.128. The molecular formula is C18H24N2O4S. The van der Waals surface area contributed by atoms with Crippen molar-refractivity contribution in [3.63, 3.8) is 0 Å². The lowest BCUT2D eigenvalue weighted by molar-refractivity contribution is 0.0123. The van der Waals surface area contributed by atoms with Crippen molar-refractivity contribution >= 4 is 10.0 Å². The first-order chi connectivity index (χ1) is 12.1. The molecule has 3 atom stereocenters. The zero-order chi connectivity index (χ0) is 17.2. The number of sulfonamides is 1. The Kier molecular flexibility index (Phi) is 3.56. The molecule has 4 saturated heterocycles. The second kappa shape index (κ2) is 5.59. The molecular weight excluding hydrogens is 340 g/mol. The normalized spacial score (nSPS) is 36.6. The maximum Gasteiger partial charge on any atom is 0.231 e. The van der Waals surface area contributed by atoms with Crippen LogP contribution in [0.1, 0.15) is 31.2 Å². The molecule has 5 heterocycles. The summed E-state index contributed by atoms with van der Waals surface area (Å²) in [6.45, 7) is 4.78. The van der Waals surface area contributed by atoms with Crippen molar-refractivity contribution in [2.75, 3.05) is 32.2 Å². The topological polar surface area (TPSA) is 59.1 Å². The maximum absolute atomic E-state index is 12.8. The Labute approximate surface area is 148 Å². The fourth-order valence-corrected chi connectivity index (χ4v) is 6.67. The van der Waals surface area contributed by atoms with Crippen LogP contribution in [0.25, 0.3) is 0 Å². The lowest BCUT2D eigenvalue weighted by Crippen LogP contribution is -2.60. The summed E-state index contributed by atoms with van der Waals surface area (Å²) in [4.78, 5) is 2.52. The largest absolute Gasteiger partial charge is 0.454 e. The molecule has 0 saturated carbocycles. The van der Waals surface area contributed by atoms with Gasteiger partial charge in [0.2, 0.25) is 16.8 Å². The van der Waals surface area contributed by atoms with E-state index in [-0.39, 0.29) is 30.5 Å². The molecule has 0 amide bonds. The van der Waals surface area contributed by atoms with E-state index in [4.69, 9.17) is 9.47 Å². The van der Waals surface area contributed by atoms with Gasteiger partial charge in [-0.3, -0.25) is 4.90 Å². The van der Waals surface area contributed by atoms with E-state index in [9.17, 15) is 8.42 Å². The standard InChI is InChI=1S/C18H24N2O4S/c1-2-25(21,22)20-10-14(13-3-4-15-16(9-13)24-11-23-15)18-17(20)12-5-7-19(18)8-6-12/h3-4,9,12,14,17-18H,2,5-8,10-11H2,1H3/t14-,17+,18+/m0/s1. The summed E-state index contributed by atoms with van der Waals surface area (Å²) in [5, 5.41) is 0. The Morgan fingerprint density at radius 3 is 2.64 bits per heavy atom. The van der Waals surface area contributed by atoms with E-state index in [1.54, 1.807) is 6.92 Å². The van der Waals surface area contributed by atoms with Gasteiger partial charge in [-0.1, -0.05) is 6.07 Å². The Morgan fingerprint density at radius 2 is 1.88 bits per heavy atom. The van der Waals surface area contributed by atoms with Crippen LogP contribution in [-0.4, -0.2) is 61.9 Å². The summed E-state index contributed by atoms with van der Waals surface area (Å²) in [6.07, 6.45) is 2.23. The average Bonchev–Trinajstić information content (AvgIpc) is 3.28. The van der Waals surface area contributed by atoms with Crippen LogP contribution in [0.3, 0.4) is 0 Å². The number of hydrogen-bond donors (Lipinski definition) is 0. The van der Waals surface area contributed by atoms with Gasteiger partial charge in [0.25, 0.3) is 0 Å². The Morgan fingerprint density at radius 1 is 1.12 bits per heavy atom. The molecule has 2 bridgehead atoms. The van der Waals surface area contributed by atoms with E-state index in [1.807, 2.05) is 10.4 Å². The maximum atomic E-state index is 12.8. The van der Waals surface area contributed by atoms with Gasteiger partial charge in [0.1, 0.15) is 0 Å². The first-order valence-electron chi connectivity index (χ1n) is 9.21. The predicted molar refractivity (Wildman–Crippen MR) is 93.3 cm³/mol. The predicted octanol–water partition coefficient (Wildman–Crippen LogP) is 1.63. The molecule has 0 aromatic heterocycles. The van der Waals surface area contributed by atoms with Crippen molar-refractivity contribution < 1.29 is 17.9 Å². The summed E-state index contributed by atoms with van der Waals surface area (Å²) in [5.74, 6) is 2.43. The summed E-state index contributed by atoms with van der Waals surface area (Å²) in [7, 11) is -3.19. The molecule has 5 aliphatic heterocycles. The van der Waals surface area contributed by atoms with Crippen molar-refractivity contribution in [2.24, 2.45) is 5.92 Å². The fraction of sp³-hybridized carbons (Fsp3) is 0.667. The van der Waals surface area contributed by atoms with E-state index in [1.165, 1.54) is 5.56 Å². The molecule has 25 heavy (non-hydrogen) atoms. The van der Waals surface area contributed by atoms with Crippen LogP contribution in [0.2, 0.25) is 0 Å². The summed E-state index contributed by atoms with van der Waals surface area (Å²) < 4.78 is 38.3. The molecule has 136 valence electrons. The SMILES string of the molecule is CCS(=O)(=O)N1C[C@@H](c2ccc3c(c2)OCO3)[C@@H]2[C@H]1C1CCN2CC1. The highest BCUT2D eigenvalue weighted by Gasteiger charge is 2.56. The zero-order valence-corrected chi connectivity index (χ0v) is 15.2. The third-order valence-electron chi connectivity index (χ3n) is 6.50. The van der Waals surface area contributed by atoms with Crippen molar-refractivity contribution in [3.8, 4) is 11.5 Å². The van der Waals surface area contributed by atoms with E-state index >= 15 is 0 Å². The van der Waals surface area contributed by atoms with Crippen LogP contribution in [-0.2, 0) is 10.0 Å². The molecule has 0 N–H and O–H groups in total. The van der Waals surface area contributed by atoms with Crippen LogP contribution in [0, 0.1) is 5.92 Å². The highest BCUT2D eigenvalue weighted by Crippen LogP contribution is 2.48. The molecule has 1 aromatic rings. The molecule has 6 nitrogen and oxygen atoms in total. The van der Waals surface area contributed by atoms with Gasteiger partial charge >= 0.3 is 0 Å². The van der Waals surface area contributed by atoms with Gasteiger partial charge in [0.15, 0.2) is 11.5 Å². The first kappa shape index (κ1) is 15.9. The summed E-state index contributed by atoms with van der Waals surface area (Å²) in [5.41, 5.74) is 1.17. The van der Waals surface area contributed by atoms with Crippen molar-refractivity contribution in [2.45, 2.75) is 37.8 Å². The minimum Gasteiger partial charge on any atom is -0.454 e. The highest BCUT2D eigenvalue weighted by molar-refractivity contribution is 7.89. The lowest BCUT2D eigenvalue weighted by Gasteiger charge is -2.51. The van der Waals surface area contributed by atoms with Gasteiger partial charge in [0, 0.05) is 24.5 Å². The number of hydrogen-bond acceptors (Lipinski definition) is 5. The molecule has 6 rings (SSSR count). The van der Waals surface area contributed by atoms with Gasteiger partial charge < -0.3 is 9.47 Å². The van der Waals surface area contributed by atoms with Gasteiger partial charge in [-0.2, -0.15) is 4.31 Å². The lowest BCUT2D eigenvalue weighted by atomic mass is 9.75. The number of fused-ring (bicyclic) bond motifs is 3. The van der Waals surface area contributed by atoms with Crippen molar-refractivity contribution in [1.29, 1.82) is 0 Å². The molecule has 0 radical (unpaired) electrons. The number of piperidine rings is 3. The molecule has 1 aromatic carbocycles. The molecule has 0 unspecified atom stereocenters. The molecule has 7 heteroatoms. The summed E-state index contributed by atoms with van der Waals surface area (Å²) in [6, 6.07) is 6.51. The van der Waals surface area contributed by atoms with Crippen molar-refractivity contribution in [1.82, 2.24) is 9.21 Å². The minimum atomic E-state index is -3.19. The number of benzene rings is 1. The Bertz CT molecular complexity index is 788. The number of nitrogens with zero attached hydrogens (tertiary/aromatic N) is 2. The van der Waals surface area contributed by atoms with E-state index in [2.05, 4.69) is 17.0 Å². The van der Waals surface area contributed by atoms with Crippen LogP contribution < -0.4 is 9.47 Å². The second-order valence-electron chi connectivity index (χ2n) is 7.54. The van der Waals surface area contributed by atoms with Crippen LogP contribution in [0.4, 0.5) is 0 Å². The Balaban J connectivity index is 1.56.